The van der Waals surface area contributed by atoms with Crippen LogP contribution in [0.2, 0.25) is 0 Å². The van der Waals surface area contributed by atoms with Crippen molar-refractivity contribution in [2.45, 2.75) is 13.0 Å². The summed E-state index contributed by atoms with van der Waals surface area (Å²) in [5, 5.41) is 5.84. The van der Waals surface area contributed by atoms with Crippen LogP contribution in [-0.4, -0.2) is 39.2 Å². The minimum Gasteiger partial charge on any atom is -0.493 e. The van der Waals surface area contributed by atoms with Crippen LogP contribution < -0.4 is 24.2 Å². The molecule has 3 aromatic rings. The Hall–Kier alpha value is -3.05. The predicted octanol–water partition coefficient (Wildman–Crippen LogP) is 1.42. The van der Waals surface area contributed by atoms with Crippen molar-refractivity contribution in [2.75, 3.05) is 30.4 Å². The molecular weight excluding hydrogens is 386 g/mol. The van der Waals surface area contributed by atoms with Crippen molar-refractivity contribution < 1.29 is 22.3 Å². The van der Waals surface area contributed by atoms with E-state index >= 15 is 0 Å². The fourth-order valence-electron chi connectivity index (χ4n) is 3.33. The first-order valence-corrected chi connectivity index (χ1v) is 9.96. The van der Waals surface area contributed by atoms with Gasteiger partial charge < -0.3 is 18.8 Å². The molecule has 0 saturated carbocycles. The minimum atomic E-state index is -3.89. The molecule has 3 N–H and O–H groups in total. The maximum atomic E-state index is 11.2. The number of fused-ring (bicyclic) bond motifs is 2. The number of nitrogens with one attached hydrogen (secondary N) is 1. The van der Waals surface area contributed by atoms with E-state index in [0.717, 1.165) is 28.0 Å². The molecule has 0 spiro atoms. The zero-order chi connectivity index (χ0) is 19.9. The zero-order valence-electron chi connectivity index (χ0n) is 15.3. The van der Waals surface area contributed by atoms with Crippen molar-refractivity contribution in [1.82, 2.24) is 9.97 Å². The summed E-state index contributed by atoms with van der Waals surface area (Å²) >= 11 is 0. The van der Waals surface area contributed by atoms with Crippen LogP contribution in [0.5, 0.6) is 11.5 Å². The van der Waals surface area contributed by atoms with Crippen molar-refractivity contribution >= 4 is 32.8 Å². The lowest BCUT2D eigenvalue weighted by atomic mass is 10.1. The van der Waals surface area contributed by atoms with E-state index in [1.807, 2.05) is 6.07 Å². The highest BCUT2D eigenvalue weighted by Crippen LogP contribution is 2.36. The van der Waals surface area contributed by atoms with Crippen LogP contribution in [0.1, 0.15) is 11.3 Å². The fourth-order valence-corrected chi connectivity index (χ4v) is 3.71. The molecule has 0 atom stereocenters. The SMILES string of the molecule is COc1cc2ncnc(N3CCc4oc(NS(N)(=O)=O)cc4C3)c2cc1OC. The third kappa shape index (κ3) is 3.41. The van der Waals surface area contributed by atoms with E-state index in [1.165, 1.54) is 6.33 Å². The first-order chi connectivity index (χ1) is 13.4. The van der Waals surface area contributed by atoms with Gasteiger partial charge in [-0.05, 0) is 6.07 Å². The molecular formula is C17H19N5O5S. The molecule has 1 aliphatic rings. The van der Waals surface area contributed by atoms with Crippen LogP contribution in [-0.2, 0) is 23.2 Å². The number of furan rings is 1. The summed E-state index contributed by atoms with van der Waals surface area (Å²) in [6.07, 6.45) is 2.10. The van der Waals surface area contributed by atoms with Gasteiger partial charge in [-0.25, -0.2) is 19.8 Å². The highest BCUT2D eigenvalue weighted by molar-refractivity contribution is 7.90. The molecule has 10 nitrogen and oxygen atoms in total. The number of benzene rings is 1. The molecule has 148 valence electrons. The highest BCUT2D eigenvalue weighted by Gasteiger charge is 2.24. The van der Waals surface area contributed by atoms with E-state index in [1.54, 1.807) is 26.4 Å². The number of nitrogens with zero attached hydrogens (tertiary/aromatic N) is 3. The molecule has 0 bridgehead atoms. The van der Waals surface area contributed by atoms with Crippen LogP contribution in [0.4, 0.5) is 11.7 Å². The number of aromatic nitrogens is 2. The third-order valence-corrected chi connectivity index (χ3v) is 5.01. The normalized spacial score (nSPS) is 14.0. The van der Waals surface area contributed by atoms with E-state index < -0.39 is 10.2 Å². The van der Waals surface area contributed by atoms with Crippen LogP contribution >= 0.6 is 0 Å². The van der Waals surface area contributed by atoms with E-state index in [0.29, 0.717) is 31.0 Å². The van der Waals surface area contributed by atoms with Gasteiger partial charge in [0.1, 0.15) is 17.9 Å². The molecule has 28 heavy (non-hydrogen) atoms. The zero-order valence-corrected chi connectivity index (χ0v) is 16.1. The highest BCUT2D eigenvalue weighted by atomic mass is 32.2. The van der Waals surface area contributed by atoms with Gasteiger partial charge in [0.25, 0.3) is 10.2 Å². The van der Waals surface area contributed by atoms with Gasteiger partial charge in [-0.1, -0.05) is 0 Å². The van der Waals surface area contributed by atoms with Gasteiger partial charge in [-0.2, -0.15) is 8.42 Å². The minimum absolute atomic E-state index is 0.105. The summed E-state index contributed by atoms with van der Waals surface area (Å²) < 4.78 is 40.9. The molecule has 0 amide bonds. The van der Waals surface area contributed by atoms with Crippen LogP contribution in [0, 0.1) is 0 Å². The summed E-state index contributed by atoms with van der Waals surface area (Å²) in [6, 6.07) is 5.29. The van der Waals surface area contributed by atoms with Gasteiger partial charge in [-0.3, -0.25) is 0 Å². The molecule has 2 aromatic heterocycles. The van der Waals surface area contributed by atoms with Gasteiger partial charge in [0.2, 0.25) is 5.88 Å². The topological polar surface area (TPSA) is 133 Å². The summed E-state index contributed by atoms with van der Waals surface area (Å²) in [6.45, 7) is 1.15. The monoisotopic (exact) mass is 405 g/mol. The number of nitrogens with two attached hydrogens (primary N) is 1. The molecule has 3 heterocycles. The lowest BCUT2D eigenvalue weighted by Crippen LogP contribution is -2.30. The first-order valence-electron chi connectivity index (χ1n) is 8.41. The number of rotatable bonds is 5. The van der Waals surface area contributed by atoms with Crippen molar-refractivity contribution in [3.63, 3.8) is 0 Å². The molecule has 1 aliphatic heterocycles. The second kappa shape index (κ2) is 6.84. The Bertz CT molecular complexity index is 1140. The number of methoxy groups -OCH3 is 2. The van der Waals surface area contributed by atoms with Crippen LogP contribution in [0.15, 0.2) is 28.9 Å². The molecule has 0 saturated heterocycles. The Balaban J connectivity index is 1.70. The standard InChI is InChI=1S/C17H19N5O5S/c1-25-14-6-11-12(7-15(14)26-2)19-9-20-17(11)22-4-3-13-10(8-22)5-16(27-13)21-28(18,23)24/h5-7,9,21H,3-4,8H2,1-2H3,(H2,18,23,24). The summed E-state index contributed by atoms with van der Waals surface area (Å²) in [7, 11) is -0.741. The maximum absolute atomic E-state index is 11.2. The lowest BCUT2D eigenvalue weighted by molar-refractivity contribution is 0.356. The Labute approximate surface area is 161 Å². The van der Waals surface area contributed by atoms with Gasteiger partial charge in [0.15, 0.2) is 11.5 Å². The Morgan fingerprint density at radius 1 is 1.18 bits per heavy atom. The smallest absolute Gasteiger partial charge is 0.298 e. The van der Waals surface area contributed by atoms with Gasteiger partial charge in [0.05, 0.1) is 19.7 Å². The predicted molar refractivity (Wildman–Crippen MR) is 103 cm³/mol. The van der Waals surface area contributed by atoms with Crippen molar-refractivity contribution in [3.8, 4) is 11.5 Å². The van der Waals surface area contributed by atoms with E-state index in [4.69, 9.17) is 19.0 Å². The second-order valence-corrected chi connectivity index (χ2v) is 7.59. The van der Waals surface area contributed by atoms with Crippen molar-refractivity contribution in [3.05, 3.63) is 35.9 Å². The molecule has 0 radical (unpaired) electrons. The Morgan fingerprint density at radius 2 is 1.93 bits per heavy atom. The Kier molecular flexibility index (Phi) is 4.47. The van der Waals surface area contributed by atoms with E-state index in [-0.39, 0.29) is 5.88 Å². The quantitative estimate of drug-likeness (QED) is 0.651. The average molecular weight is 405 g/mol. The second-order valence-electron chi connectivity index (χ2n) is 6.30. The van der Waals surface area contributed by atoms with Crippen LogP contribution in [0.3, 0.4) is 0 Å². The molecule has 11 heteroatoms. The summed E-state index contributed by atoms with van der Waals surface area (Å²) in [5.74, 6) is 2.76. The van der Waals surface area contributed by atoms with Gasteiger partial charge >= 0.3 is 0 Å². The molecule has 0 unspecified atom stereocenters. The van der Waals surface area contributed by atoms with Crippen molar-refractivity contribution in [1.29, 1.82) is 0 Å². The summed E-state index contributed by atoms with van der Waals surface area (Å²) in [4.78, 5) is 10.9. The van der Waals surface area contributed by atoms with Crippen LogP contribution in [0.25, 0.3) is 10.9 Å². The fraction of sp³-hybridized carbons (Fsp3) is 0.294. The number of hydrogen-bond acceptors (Lipinski definition) is 8. The number of ether oxygens (including phenoxy) is 2. The first kappa shape index (κ1) is 18.3. The van der Waals surface area contributed by atoms with Crippen molar-refractivity contribution in [2.24, 2.45) is 5.14 Å². The van der Waals surface area contributed by atoms with Gasteiger partial charge in [-0.15, -0.1) is 0 Å². The van der Waals surface area contributed by atoms with Gasteiger partial charge in [0, 0.05) is 42.6 Å². The molecule has 4 rings (SSSR count). The lowest BCUT2D eigenvalue weighted by Gasteiger charge is -2.28. The number of hydrogen-bond donors (Lipinski definition) is 2. The number of anilines is 2. The Morgan fingerprint density at radius 3 is 2.64 bits per heavy atom. The largest absolute Gasteiger partial charge is 0.493 e. The average Bonchev–Trinajstić information content (AvgIpc) is 3.05. The maximum Gasteiger partial charge on any atom is 0.298 e. The third-order valence-electron chi connectivity index (χ3n) is 4.53. The van der Waals surface area contributed by atoms with E-state index in [2.05, 4.69) is 19.6 Å². The molecule has 0 fully saturated rings. The summed E-state index contributed by atoms with van der Waals surface area (Å²) in [5.41, 5.74) is 1.60. The molecule has 1 aromatic carbocycles. The van der Waals surface area contributed by atoms with E-state index in [9.17, 15) is 8.42 Å². The molecule has 0 aliphatic carbocycles.